The average molecular weight is 571 g/mol. The minimum absolute atomic E-state index is 0.0273. The van der Waals surface area contributed by atoms with E-state index in [2.05, 4.69) is 24.3 Å². The first-order chi connectivity index (χ1) is 19.2. The number of rotatable bonds is 11. The molecule has 2 aliphatic carbocycles. The second-order valence-corrected chi connectivity index (χ2v) is 12.4. The molecule has 2 fully saturated rings. The number of likely N-dealkylation sites (tertiary alicyclic amines) is 1. The van der Waals surface area contributed by atoms with E-state index in [1.165, 1.54) is 5.56 Å². The number of aryl methyl sites for hydroxylation is 1. The van der Waals surface area contributed by atoms with Gasteiger partial charge in [0.2, 0.25) is 0 Å². The van der Waals surface area contributed by atoms with Crippen molar-refractivity contribution in [3.05, 3.63) is 59.2 Å². The predicted molar refractivity (Wildman–Crippen MR) is 149 cm³/mol. The number of phenols is 1. The Morgan fingerprint density at radius 1 is 1.07 bits per heavy atom. The summed E-state index contributed by atoms with van der Waals surface area (Å²) in [4.78, 5) is 15.0. The van der Waals surface area contributed by atoms with E-state index in [9.17, 15) is 14.1 Å². The van der Waals surface area contributed by atoms with Gasteiger partial charge in [0.15, 0.2) is 29.3 Å². The number of aromatic hydroxyl groups is 1. The van der Waals surface area contributed by atoms with Crippen molar-refractivity contribution in [1.82, 2.24) is 4.90 Å². The van der Waals surface area contributed by atoms with Gasteiger partial charge in [-0.1, -0.05) is 49.2 Å². The number of ketones is 1. The summed E-state index contributed by atoms with van der Waals surface area (Å²) in [5.41, 5.74) is 19.6. The summed E-state index contributed by atoms with van der Waals surface area (Å²) in [5, 5.41) is 10.7. The molecular weight excluding hydrogens is 532 g/mol. The van der Waals surface area contributed by atoms with Gasteiger partial charge in [0.1, 0.15) is 5.60 Å². The van der Waals surface area contributed by atoms with E-state index < -0.39 is 40.4 Å². The summed E-state index contributed by atoms with van der Waals surface area (Å²) in [5.74, 6) is -1.45. The zero-order valence-corrected chi connectivity index (χ0v) is 23.4. The quantitative estimate of drug-likeness (QED) is 0.232. The Hall–Kier alpha value is -2.38. The van der Waals surface area contributed by atoms with Crippen LogP contribution in [0.15, 0.2) is 42.5 Å². The molecule has 2 aliphatic heterocycles. The van der Waals surface area contributed by atoms with Crippen LogP contribution < -0.4 is 21.9 Å². The van der Waals surface area contributed by atoms with Crippen molar-refractivity contribution in [2.24, 2.45) is 17.2 Å². The number of unbranched alkanes of at least 4 members (excludes halogenated alkanes) is 3. The third kappa shape index (κ3) is 4.39. The van der Waals surface area contributed by atoms with Crippen LogP contribution in [0.1, 0.15) is 61.6 Å². The van der Waals surface area contributed by atoms with E-state index in [0.717, 1.165) is 43.2 Å². The Labute approximate surface area is 237 Å². The van der Waals surface area contributed by atoms with Crippen molar-refractivity contribution in [2.75, 3.05) is 13.2 Å². The van der Waals surface area contributed by atoms with Crippen molar-refractivity contribution in [3.63, 3.8) is 0 Å². The van der Waals surface area contributed by atoms with E-state index in [0.29, 0.717) is 25.1 Å². The molecule has 5 atom stereocenters. The maximum Gasteiger partial charge on any atom is 0.305 e. The predicted octanol–water partition coefficient (Wildman–Crippen LogP) is 2.03. The Morgan fingerprint density at radius 2 is 1.85 bits per heavy atom. The Balaban J connectivity index is 1.20. The molecule has 2 bridgehead atoms. The summed E-state index contributed by atoms with van der Waals surface area (Å²) in [6, 6.07) is 13.3. The second kappa shape index (κ2) is 10.5. The van der Waals surface area contributed by atoms with Gasteiger partial charge in [-0.15, -0.1) is 0 Å². The molecule has 40 heavy (non-hydrogen) atoms. The Kier molecular flexibility index (Phi) is 7.27. The van der Waals surface area contributed by atoms with Crippen LogP contribution in [0.25, 0.3) is 0 Å². The molecule has 1 saturated carbocycles. The molecule has 2 aromatic carbocycles. The first kappa shape index (κ1) is 27.8. The van der Waals surface area contributed by atoms with Gasteiger partial charge in [0, 0.05) is 24.6 Å². The molecule has 10 nitrogen and oxygen atoms in total. The first-order valence-corrected chi connectivity index (χ1v) is 15.1. The molecule has 216 valence electrons. The Morgan fingerprint density at radius 3 is 2.62 bits per heavy atom. The van der Waals surface area contributed by atoms with E-state index in [-0.39, 0.29) is 31.0 Å². The zero-order valence-electron chi connectivity index (χ0n) is 22.6. The highest BCUT2D eigenvalue weighted by molar-refractivity contribution is 7.75. The number of piperidine rings is 1. The maximum absolute atomic E-state index is 13.4. The molecule has 11 heteroatoms. The lowest BCUT2D eigenvalue weighted by molar-refractivity contribution is -0.190. The van der Waals surface area contributed by atoms with E-state index in [1.54, 1.807) is 11.0 Å². The highest BCUT2D eigenvalue weighted by Gasteiger charge is 2.76. The second-order valence-electron chi connectivity index (χ2n) is 11.6. The zero-order chi connectivity index (χ0) is 28.1. The smallest absolute Gasteiger partial charge is 0.305 e. The van der Waals surface area contributed by atoms with Crippen molar-refractivity contribution < 1.29 is 27.2 Å². The van der Waals surface area contributed by atoms with Crippen LogP contribution in [-0.4, -0.2) is 56.8 Å². The molecule has 0 radical (unpaired) electrons. The number of ether oxygens (including phenoxy) is 1. The molecule has 2 aromatic rings. The Bertz CT molecular complexity index is 1300. The van der Waals surface area contributed by atoms with Crippen LogP contribution in [0.5, 0.6) is 11.5 Å². The van der Waals surface area contributed by atoms with Gasteiger partial charge < -0.3 is 9.84 Å². The normalized spacial score (nSPS) is 29.6. The van der Waals surface area contributed by atoms with Crippen molar-refractivity contribution >= 4 is 17.1 Å². The minimum atomic E-state index is -2.10. The van der Waals surface area contributed by atoms with Crippen molar-refractivity contribution in [1.29, 1.82) is 0 Å². The van der Waals surface area contributed by atoms with Crippen LogP contribution in [0, 0.1) is 0 Å². The van der Waals surface area contributed by atoms with Gasteiger partial charge in [0.05, 0.1) is 12.0 Å². The van der Waals surface area contributed by atoms with Gasteiger partial charge in [-0.2, -0.15) is 4.21 Å². The molecule has 4 aliphatic rings. The van der Waals surface area contributed by atoms with Crippen LogP contribution in [0.2, 0.25) is 0 Å². The SMILES string of the molecule is NC(N)(N)N1CCC23c4c5ccc(O)c4OC2C(=O)CCC3(OS(=O)OCCCCCCc2ccccc2)C1C5. The topological polar surface area (TPSA) is 163 Å². The van der Waals surface area contributed by atoms with Crippen molar-refractivity contribution in [2.45, 2.75) is 86.9 Å². The third-order valence-electron chi connectivity index (χ3n) is 9.31. The van der Waals surface area contributed by atoms with Gasteiger partial charge >= 0.3 is 11.4 Å². The number of hydrogen-bond donors (Lipinski definition) is 4. The third-order valence-corrected chi connectivity index (χ3v) is 10.1. The fraction of sp³-hybridized carbons (Fsp3) is 0.552. The highest BCUT2D eigenvalue weighted by atomic mass is 32.2. The maximum atomic E-state index is 13.4. The van der Waals surface area contributed by atoms with Gasteiger partial charge in [0.25, 0.3) is 0 Å². The number of carbonyl (C=O) groups excluding carboxylic acids is 1. The fourth-order valence-electron chi connectivity index (χ4n) is 7.63. The van der Waals surface area contributed by atoms with Gasteiger partial charge in [-0.25, -0.2) is 0 Å². The van der Waals surface area contributed by atoms with Gasteiger partial charge in [-0.3, -0.25) is 35.3 Å². The first-order valence-electron chi connectivity index (χ1n) is 14.1. The van der Waals surface area contributed by atoms with Crippen LogP contribution >= 0.6 is 0 Å². The largest absolute Gasteiger partial charge is 0.504 e. The average Bonchev–Trinajstić information content (AvgIpc) is 3.27. The van der Waals surface area contributed by atoms with Crippen molar-refractivity contribution in [3.8, 4) is 11.5 Å². The summed E-state index contributed by atoms with van der Waals surface area (Å²) in [6.45, 7) is 0.670. The summed E-state index contributed by atoms with van der Waals surface area (Å²) >= 11 is -2.10. The standard InChI is InChI=1S/C29H38N4O6S/c30-29(31,32)33-16-15-27-24-20-11-12-21(34)25(24)38-26(27)22(35)13-14-28(27,23(33)18-20)39-40(36)37-17-7-2-1-4-8-19-9-5-3-6-10-19/h3,5-6,9-12,23,26,34H,1-2,4,7-8,13-18,30-32H2. The molecule has 5 unspecified atom stereocenters. The van der Waals surface area contributed by atoms with Crippen LogP contribution in [-0.2, 0) is 42.8 Å². The number of nitrogens with two attached hydrogens (primary N) is 3. The summed E-state index contributed by atoms with van der Waals surface area (Å²) in [6.07, 6.45) is 5.24. The number of nitrogens with zero attached hydrogens (tertiary/aromatic N) is 1. The monoisotopic (exact) mass is 570 g/mol. The van der Waals surface area contributed by atoms with Crippen LogP contribution in [0.4, 0.5) is 0 Å². The van der Waals surface area contributed by atoms with E-state index in [4.69, 9.17) is 30.3 Å². The number of Topliss-reactive ketones (excluding diaryl/α,β-unsaturated/α-hetero) is 1. The molecule has 0 amide bonds. The molecular formula is C29H38N4O6S. The summed E-state index contributed by atoms with van der Waals surface area (Å²) < 4.78 is 31.7. The summed E-state index contributed by atoms with van der Waals surface area (Å²) in [7, 11) is 0. The number of benzene rings is 2. The molecule has 2 heterocycles. The fourth-order valence-corrected chi connectivity index (χ4v) is 8.52. The van der Waals surface area contributed by atoms with Crippen LogP contribution in [0.3, 0.4) is 0 Å². The van der Waals surface area contributed by atoms with Gasteiger partial charge in [-0.05, 0) is 55.7 Å². The molecule has 1 saturated heterocycles. The lowest BCUT2D eigenvalue weighted by Gasteiger charge is -2.64. The molecule has 1 spiro atoms. The highest BCUT2D eigenvalue weighted by Crippen LogP contribution is 2.66. The molecule has 7 N–H and O–H groups in total. The van der Waals surface area contributed by atoms with E-state index in [1.807, 2.05) is 12.1 Å². The number of hydrogen-bond acceptors (Lipinski definition) is 10. The lowest BCUT2D eigenvalue weighted by Crippen LogP contribution is -2.84. The van der Waals surface area contributed by atoms with E-state index >= 15 is 0 Å². The molecule has 0 aromatic heterocycles. The molecule has 6 rings (SSSR count). The minimum Gasteiger partial charge on any atom is -0.504 e. The lowest BCUT2D eigenvalue weighted by atomic mass is 9.49. The number of phenolic OH excluding ortho intramolecular Hbond substituents is 1. The number of carbonyl (C=O) groups is 1.